The van der Waals surface area contributed by atoms with Crippen LogP contribution in [-0.2, 0) is 49.8 Å². The summed E-state index contributed by atoms with van der Waals surface area (Å²) in [6.07, 6.45) is 154. The molecule has 145 heavy (non-hydrogen) atoms. The zero-order chi connectivity index (χ0) is 106. The molecule has 0 atom stereocenters. The smallest absolute Gasteiger partial charge is 0.550 e. The van der Waals surface area contributed by atoms with Crippen LogP contribution in [0.2, 0.25) is 0 Å². The van der Waals surface area contributed by atoms with E-state index < -0.39 is 35.8 Å². The van der Waals surface area contributed by atoms with Crippen LogP contribution in [0.3, 0.4) is 0 Å². The minimum absolute atomic E-state index is 0. The number of carboxylic acids is 6. The number of aliphatic carboxylic acids is 6. The molecule has 0 rings (SSSR count). The second-order valence-electron chi connectivity index (χ2n) is 44.9. The molecule has 0 aromatic heterocycles. The van der Waals surface area contributed by atoms with Gasteiger partial charge in [-0.05, 0) is 77.0 Å². The maximum Gasteiger partial charge on any atom is 6.00 e. The zero-order valence-corrected chi connectivity index (χ0v) is 101. The number of hydrogen-bond acceptors (Lipinski definition) is 12. The molecule has 864 valence electrons. The molecule has 0 aliphatic heterocycles. The van der Waals surface area contributed by atoms with Crippen molar-refractivity contribution in [2.24, 2.45) is 0 Å². The van der Waals surface area contributed by atoms with Gasteiger partial charge in [0.25, 0.3) is 0 Å². The molecule has 12 nitrogen and oxygen atoms in total. The van der Waals surface area contributed by atoms with Crippen molar-refractivity contribution in [2.75, 3.05) is 0 Å². The summed E-state index contributed by atoms with van der Waals surface area (Å²) in [5, 5.41) is 61.6. The van der Waals surface area contributed by atoms with Gasteiger partial charge >= 0.3 is 21.1 Å². The third-order valence-corrected chi connectivity index (χ3v) is 29.9. The molecule has 0 N–H and O–H groups in total. The van der Waals surface area contributed by atoms with Crippen molar-refractivity contribution in [3.05, 3.63) is 0 Å². The zero-order valence-electron chi connectivity index (χ0n) is 99.2. The van der Waals surface area contributed by atoms with Gasteiger partial charge in [0.2, 0.25) is 0 Å². The first-order valence-electron chi connectivity index (χ1n) is 65.8. The van der Waals surface area contributed by atoms with E-state index >= 15 is 0 Å². The third kappa shape index (κ3) is 181. The van der Waals surface area contributed by atoms with E-state index in [4.69, 9.17) is 0 Å². The van der Waals surface area contributed by atoms with Crippen LogP contribution in [-0.4, -0.2) is 35.8 Å². The average Bonchev–Trinajstić information content (AvgIpc) is 1.11. The predicted molar refractivity (Wildman–Crippen MR) is 618 cm³/mol. The maximum atomic E-state index is 10.3. The van der Waals surface area contributed by atoms with Gasteiger partial charge in [0, 0.05) is 35.8 Å². The quantitative estimate of drug-likeness (QED) is 0.0408. The van der Waals surface area contributed by atoms with Crippen LogP contribution in [0.4, 0.5) is 0 Å². The SMILES string of the molecule is CCCCCCCCCCCCCCCCCCCCCC(=O)[O-].CCCCCCCCCCCCCCCCCCCCCC(=O)[O-].CCCCCCCCCCCCCCCCCCCCCC(=O)[O-].CCCCCCCCCCCCCCCCCCCCCC(=O)[O-].CCCCCCCCCCCCCCCCCCCCCC(=O)[O-].CCCCCCCCCCCCCCCCCCCCCC(=O)[O-].[Mo+6]. The second kappa shape index (κ2) is 152. The van der Waals surface area contributed by atoms with Gasteiger partial charge in [-0.15, -0.1) is 0 Å². The van der Waals surface area contributed by atoms with Gasteiger partial charge in [0.15, 0.2) is 0 Å². The Kier molecular flexibility index (Phi) is 163. The first-order chi connectivity index (χ1) is 70.6. The fourth-order valence-electron chi connectivity index (χ4n) is 20.1. The van der Waals surface area contributed by atoms with Gasteiger partial charge in [-0.3, -0.25) is 0 Å². The molecule has 0 radical (unpaired) electrons. The monoisotopic (exact) mass is 2130 g/mol. The third-order valence-electron chi connectivity index (χ3n) is 29.9. The number of rotatable bonds is 120. The van der Waals surface area contributed by atoms with Crippen molar-refractivity contribution < 1.29 is 80.5 Å². The molecular formula is C132H258MoO12. The van der Waals surface area contributed by atoms with Crippen molar-refractivity contribution in [1.82, 2.24) is 0 Å². The van der Waals surface area contributed by atoms with Crippen LogP contribution < -0.4 is 30.6 Å². The molecule has 0 spiro atoms. The molecule has 0 bridgehead atoms. The first-order valence-corrected chi connectivity index (χ1v) is 65.8. The number of carbonyl (C=O) groups excluding carboxylic acids is 6. The van der Waals surface area contributed by atoms with Crippen molar-refractivity contribution in [3.63, 3.8) is 0 Å². The van der Waals surface area contributed by atoms with E-state index in [0.29, 0.717) is 0 Å². The summed E-state index contributed by atoms with van der Waals surface area (Å²) >= 11 is 0. The molecule has 0 fully saturated rings. The summed E-state index contributed by atoms with van der Waals surface area (Å²) < 4.78 is 0. The maximum absolute atomic E-state index is 10.3. The fourth-order valence-corrected chi connectivity index (χ4v) is 20.1. The van der Waals surface area contributed by atoms with Crippen LogP contribution in [0.15, 0.2) is 0 Å². The summed E-state index contributed by atoms with van der Waals surface area (Å²) in [4.78, 5) is 61.6. The van der Waals surface area contributed by atoms with Crippen LogP contribution in [0.5, 0.6) is 0 Å². The second-order valence-corrected chi connectivity index (χ2v) is 44.9. The van der Waals surface area contributed by atoms with E-state index in [1.54, 1.807) is 0 Å². The normalized spacial score (nSPS) is 11.0. The molecule has 0 aromatic carbocycles. The van der Waals surface area contributed by atoms with E-state index in [0.717, 1.165) is 77.0 Å². The molecule has 0 aromatic rings. The molecule has 0 amide bonds. The fraction of sp³-hybridized carbons (Fsp3) is 0.955. The molecular weight excluding hydrogens is 1870 g/mol. The minimum atomic E-state index is -0.901. The van der Waals surface area contributed by atoms with Crippen LogP contribution in [0, 0.1) is 0 Å². The van der Waals surface area contributed by atoms with Gasteiger partial charge < -0.3 is 59.4 Å². The van der Waals surface area contributed by atoms with Crippen molar-refractivity contribution in [2.45, 2.75) is 812 Å². The van der Waals surface area contributed by atoms with Gasteiger partial charge in [-0.25, -0.2) is 0 Å². The Morgan fingerprint density at radius 2 is 0.131 bits per heavy atom. The molecule has 0 heterocycles. The Hall–Kier alpha value is -2.49. The number of carbonyl (C=O) groups is 6. The Bertz CT molecular complexity index is 1910. The topological polar surface area (TPSA) is 241 Å². The van der Waals surface area contributed by atoms with Gasteiger partial charge in [-0.1, -0.05) is 735 Å². The summed E-state index contributed by atoms with van der Waals surface area (Å²) in [5.74, 6) is -5.41. The van der Waals surface area contributed by atoms with Gasteiger partial charge in [0.05, 0.1) is 0 Å². The Morgan fingerprint density at radius 3 is 0.172 bits per heavy atom. The van der Waals surface area contributed by atoms with Crippen molar-refractivity contribution in [3.8, 4) is 0 Å². The molecule has 0 saturated carbocycles. The molecule has 0 unspecified atom stereocenters. The molecule has 0 aliphatic carbocycles. The molecule has 0 aliphatic rings. The Labute approximate surface area is 922 Å². The summed E-state index contributed by atoms with van der Waals surface area (Å²) in [6, 6.07) is 0. The number of hydrogen-bond donors (Lipinski definition) is 0. The summed E-state index contributed by atoms with van der Waals surface area (Å²) in [6.45, 7) is 13.7. The molecule has 0 saturated heterocycles. The van der Waals surface area contributed by atoms with Gasteiger partial charge in [-0.2, -0.15) is 0 Å². The van der Waals surface area contributed by atoms with E-state index in [1.165, 1.54) is 655 Å². The minimum Gasteiger partial charge on any atom is -0.550 e. The van der Waals surface area contributed by atoms with Crippen LogP contribution in [0.1, 0.15) is 812 Å². The van der Waals surface area contributed by atoms with Crippen LogP contribution in [0.25, 0.3) is 0 Å². The number of unbranched alkanes of at least 4 members (excludes halogenated alkanes) is 108. The van der Waals surface area contributed by atoms with E-state index in [-0.39, 0.29) is 59.6 Å². The van der Waals surface area contributed by atoms with E-state index in [2.05, 4.69) is 41.5 Å². The summed E-state index contributed by atoms with van der Waals surface area (Å²) in [7, 11) is 0. The molecule has 13 heteroatoms. The van der Waals surface area contributed by atoms with Gasteiger partial charge in [0.1, 0.15) is 0 Å². The largest absolute Gasteiger partial charge is 6.00 e. The van der Waals surface area contributed by atoms with E-state index in [9.17, 15) is 59.4 Å². The van der Waals surface area contributed by atoms with Crippen molar-refractivity contribution in [1.29, 1.82) is 0 Å². The standard InChI is InChI=1S/6C22H44O2.Mo/c6*1-2-3-4-5-6-7-8-9-10-11-12-13-14-15-16-17-18-19-20-21-22(23)24;/h6*2-21H2,1H3,(H,23,24);/q;;;;;;+6/p-6. The first kappa shape index (κ1) is 155. The Balaban J connectivity index is -0.000000315. The van der Waals surface area contributed by atoms with E-state index in [1.807, 2.05) is 0 Å². The number of carboxylic acid groups (broad SMARTS) is 6. The summed E-state index contributed by atoms with van der Waals surface area (Å²) in [5.41, 5.74) is 0. The predicted octanol–water partition coefficient (Wildman–Crippen LogP) is 39.3. The average molecular weight is 2130 g/mol. The van der Waals surface area contributed by atoms with Crippen molar-refractivity contribution >= 4 is 35.8 Å². The Morgan fingerprint density at radius 1 is 0.0897 bits per heavy atom. The van der Waals surface area contributed by atoms with Crippen LogP contribution >= 0.6 is 0 Å².